The molecule has 5 rings (SSSR count). The van der Waals surface area contributed by atoms with Crippen molar-refractivity contribution in [2.24, 2.45) is 10.4 Å². The van der Waals surface area contributed by atoms with Crippen LogP contribution >= 0.6 is 11.3 Å². The third kappa shape index (κ3) is 4.74. The molecule has 0 radical (unpaired) electrons. The Morgan fingerprint density at radius 3 is 2.47 bits per heavy atom. The van der Waals surface area contributed by atoms with E-state index >= 15 is 0 Å². The van der Waals surface area contributed by atoms with Gasteiger partial charge in [0, 0.05) is 50.4 Å². The number of nitrogens with one attached hydrogen (secondary N) is 1. The van der Waals surface area contributed by atoms with Crippen molar-refractivity contribution < 1.29 is 9.59 Å². The van der Waals surface area contributed by atoms with Gasteiger partial charge in [-0.3, -0.25) is 19.4 Å². The number of nitrogens with zero attached hydrogens (tertiary/aromatic N) is 4. The summed E-state index contributed by atoms with van der Waals surface area (Å²) < 4.78 is 0. The van der Waals surface area contributed by atoms with Crippen LogP contribution in [0.4, 0.5) is 16.4 Å². The maximum Gasteiger partial charge on any atom is 0.229 e. The summed E-state index contributed by atoms with van der Waals surface area (Å²) in [6.07, 6.45) is 1.74. The maximum absolute atomic E-state index is 12.4. The minimum atomic E-state index is -0.210. The molecule has 3 aliphatic heterocycles. The Balaban J connectivity index is 1.20. The van der Waals surface area contributed by atoms with Gasteiger partial charge in [-0.2, -0.15) is 0 Å². The number of carbonyl (C=O) groups is 2. The monoisotopic (exact) mass is 479 g/mol. The van der Waals surface area contributed by atoms with E-state index in [-0.39, 0.29) is 17.2 Å². The summed E-state index contributed by atoms with van der Waals surface area (Å²) >= 11 is 1.77. The molecule has 1 N–H and O–H groups in total. The first kappa shape index (κ1) is 23.1. The van der Waals surface area contributed by atoms with Gasteiger partial charge in [-0.15, -0.1) is 11.3 Å². The van der Waals surface area contributed by atoms with Gasteiger partial charge >= 0.3 is 0 Å². The number of fused-ring (bicyclic) bond motifs is 2. The highest BCUT2D eigenvalue weighted by atomic mass is 32.1. The smallest absolute Gasteiger partial charge is 0.229 e. The van der Waals surface area contributed by atoms with Crippen LogP contribution in [0, 0.1) is 12.3 Å². The molecule has 2 aromatic rings. The van der Waals surface area contributed by atoms with Crippen molar-refractivity contribution in [3.05, 3.63) is 40.8 Å². The molecule has 0 unspecified atom stereocenters. The second kappa shape index (κ2) is 9.15. The van der Waals surface area contributed by atoms with E-state index in [9.17, 15) is 9.59 Å². The van der Waals surface area contributed by atoms with Crippen molar-refractivity contribution in [2.75, 3.05) is 44.6 Å². The van der Waals surface area contributed by atoms with Gasteiger partial charge in [-0.1, -0.05) is 26.0 Å². The molecule has 1 aromatic heterocycles. The number of amides is 2. The zero-order chi connectivity index (χ0) is 23.9. The van der Waals surface area contributed by atoms with Crippen molar-refractivity contribution in [1.29, 1.82) is 0 Å². The van der Waals surface area contributed by atoms with Crippen LogP contribution in [-0.2, 0) is 9.59 Å². The molecular formula is C26H33N5O2S. The fraction of sp³-hybridized carbons (Fsp3) is 0.500. The third-order valence-electron chi connectivity index (χ3n) is 6.86. The maximum atomic E-state index is 12.4. The minimum Gasteiger partial charge on any atom is -0.353 e. The quantitative estimate of drug-likeness (QED) is 0.660. The van der Waals surface area contributed by atoms with Gasteiger partial charge in [0.25, 0.3) is 0 Å². The van der Waals surface area contributed by atoms with Crippen LogP contribution in [0.3, 0.4) is 0 Å². The number of hydrogen-bond acceptors (Lipinski definition) is 7. The normalized spacial score (nSPS) is 20.4. The Morgan fingerprint density at radius 1 is 1.03 bits per heavy atom. The number of aryl methyl sites for hydroxylation is 1. The zero-order valence-corrected chi connectivity index (χ0v) is 21.1. The second-order valence-corrected chi connectivity index (χ2v) is 11.6. The number of carbonyl (C=O) groups excluding carboxylic acids is 2. The number of benzene rings is 1. The second-order valence-electron chi connectivity index (χ2n) is 10.3. The fourth-order valence-corrected chi connectivity index (χ4v) is 6.00. The highest BCUT2D eigenvalue weighted by molar-refractivity contribution is 7.16. The van der Waals surface area contributed by atoms with Crippen molar-refractivity contribution in [3.8, 4) is 0 Å². The lowest BCUT2D eigenvalue weighted by molar-refractivity contribution is -0.152. The molecule has 34 heavy (non-hydrogen) atoms. The standard InChI is InChI=1S/C26H33N5O2S/c1-18-15-19-24(27-20-7-4-5-8-21(20)28-25(19)34-18)30-13-11-29(12-14-30)9-6-10-31-22(32)16-26(2,3)17-23(31)33/h4-5,7-8,15,28H,6,9-14,16-17H2,1-3H3. The number of thiophene rings is 1. The summed E-state index contributed by atoms with van der Waals surface area (Å²) in [6, 6.07) is 10.4. The highest BCUT2D eigenvalue weighted by Gasteiger charge is 2.37. The van der Waals surface area contributed by atoms with E-state index in [4.69, 9.17) is 4.99 Å². The predicted octanol–water partition coefficient (Wildman–Crippen LogP) is 4.37. The molecule has 2 amide bonds. The first-order valence-electron chi connectivity index (χ1n) is 12.2. The van der Waals surface area contributed by atoms with Crippen LogP contribution in [-0.4, -0.2) is 71.6 Å². The molecule has 8 heteroatoms. The van der Waals surface area contributed by atoms with E-state index in [1.54, 1.807) is 11.3 Å². The van der Waals surface area contributed by atoms with Crippen molar-refractivity contribution >= 4 is 45.4 Å². The molecule has 180 valence electrons. The molecule has 0 aliphatic carbocycles. The molecule has 2 fully saturated rings. The number of para-hydroxylation sites is 2. The van der Waals surface area contributed by atoms with Crippen molar-refractivity contribution in [1.82, 2.24) is 14.7 Å². The summed E-state index contributed by atoms with van der Waals surface area (Å²) in [5.41, 5.74) is 2.99. The summed E-state index contributed by atoms with van der Waals surface area (Å²) in [4.78, 5) is 37.5. The van der Waals surface area contributed by atoms with Crippen LogP contribution in [0.15, 0.2) is 35.3 Å². The number of hydrogen-bond donors (Lipinski definition) is 1. The number of rotatable bonds is 4. The van der Waals surface area contributed by atoms with E-state index in [2.05, 4.69) is 40.2 Å². The average molecular weight is 480 g/mol. The molecule has 2 saturated heterocycles. The van der Waals surface area contributed by atoms with Crippen LogP contribution in [0.5, 0.6) is 0 Å². The average Bonchev–Trinajstić information content (AvgIpc) is 3.07. The third-order valence-corrected chi connectivity index (χ3v) is 7.83. The number of anilines is 2. The predicted molar refractivity (Wildman–Crippen MR) is 137 cm³/mol. The lowest BCUT2D eigenvalue weighted by Gasteiger charge is -2.37. The Morgan fingerprint density at radius 2 is 1.74 bits per heavy atom. The van der Waals surface area contributed by atoms with Crippen LogP contribution < -0.4 is 5.32 Å². The van der Waals surface area contributed by atoms with Crippen LogP contribution in [0.2, 0.25) is 0 Å². The molecule has 0 saturated carbocycles. The van der Waals surface area contributed by atoms with Crippen LogP contribution in [0.25, 0.3) is 0 Å². The van der Waals surface area contributed by atoms with E-state index < -0.39 is 0 Å². The van der Waals surface area contributed by atoms with Gasteiger partial charge in [-0.05, 0) is 43.5 Å². The summed E-state index contributed by atoms with van der Waals surface area (Å²) in [5, 5.41) is 4.74. The van der Waals surface area contributed by atoms with Gasteiger partial charge in [0.05, 0.1) is 16.9 Å². The van der Waals surface area contributed by atoms with E-state index in [1.165, 1.54) is 15.3 Å². The van der Waals surface area contributed by atoms with Gasteiger partial charge in [0.15, 0.2) is 0 Å². The summed E-state index contributed by atoms with van der Waals surface area (Å²) in [5.74, 6) is 1.00. The molecule has 4 heterocycles. The number of amidine groups is 1. The Bertz CT molecular complexity index is 1110. The summed E-state index contributed by atoms with van der Waals surface area (Å²) in [6.45, 7) is 11.3. The van der Waals surface area contributed by atoms with Crippen molar-refractivity contribution in [2.45, 2.75) is 40.0 Å². The van der Waals surface area contributed by atoms with E-state index in [0.29, 0.717) is 19.4 Å². The lowest BCUT2D eigenvalue weighted by Crippen LogP contribution is -2.50. The van der Waals surface area contributed by atoms with Crippen molar-refractivity contribution in [3.63, 3.8) is 0 Å². The zero-order valence-electron chi connectivity index (χ0n) is 20.3. The Hall–Kier alpha value is -2.71. The van der Waals surface area contributed by atoms with Gasteiger partial charge in [-0.25, -0.2) is 4.99 Å². The van der Waals surface area contributed by atoms with Gasteiger partial charge in [0.1, 0.15) is 10.8 Å². The molecular weight excluding hydrogens is 446 g/mol. The summed E-state index contributed by atoms with van der Waals surface area (Å²) in [7, 11) is 0. The van der Waals surface area contributed by atoms with Crippen LogP contribution in [0.1, 0.15) is 43.6 Å². The number of likely N-dealkylation sites (tertiary alicyclic amines) is 1. The lowest BCUT2D eigenvalue weighted by atomic mass is 9.82. The number of imide groups is 1. The van der Waals surface area contributed by atoms with Gasteiger partial charge < -0.3 is 10.2 Å². The Labute approximate surface area is 205 Å². The van der Waals surface area contributed by atoms with Gasteiger partial charge in [0.2, 0.25) is 11.8 Å². The van der Waals surface area contributed by atoms with E-state index in [1.807, 2.05) is 26.0 Å². The minimum absolute atomic E-state index is 0.0202. The molecule has 0 spiro atoms. The largest absolute Gasteiger partial charge is 0.353 e. The van der Waals surface area contributed by atoms with E-state index in [0.717, 1.165) is 61.4 Å². The Kier molecular flexibility index (Phi) is 6.20. The fourth-order valence-electron chi connectivity index (χ4n) is 5.08. The topological polar surface area (TPSA) is 68.2 Å². The number of piperidine rings is 1. The molecule has 1 aromatic carbocycles. The molecule has 0 bridgehead atoms. The number of aliphatic imine (C=N–C) groups is 1. The first-order chi connectivity index (χ1) is 16.3. The molecule has 3 aliphatic rings. The SMILES string of the molecule is Cc1cc2c(s1)Nc1ccccc1N=C2N1CCN(CCCN2C(=O)CC(C)(C)CC2=O)CC1. The molecule has 0 atom stereocenters. The first-order valence-corrected chi connectivity index (χ1v) is 13.0. The number of piperazine rings is 1. The highest BCUT2D eigenvalue weighted by Crippen LogP contribution is 2.39. The molecule has 7 nitrogen and oxygen atoms in total.